The number of hydrogen-bond acceptors (Lipinski definition) is 2. The Labute approximate surface area is 105 Å². The van der Waals surface area contributed by atoms with Crippen LogP contribution in [0.4, 0.5) is 4.39 Å². The van der Waals surface area contributed by atoms with Crippen LogP contribution >= 0.6 is 27.3 Å². The highest BCUT2D eigenvalue weighted by molar-refractivity contribution is 9.10. The quantitative estimate of drug-likeness (QED) is 0.760. The van der Waals surface area contributed by atoms with Crippen molar-refractivity contribution in [2.45, 2.75) is 6.92 Å². The van der Waals surface area contributed by atoms with Crippen molar-refractivity contribution in [3.8, 4) is 0 Å². The molecule has 0 bridgehead atoms. The van der Waals surface area contributed by atoms with Crippen LogP contribution < -0.4 is 0 Å². The lowest BCUT2D eigenvalue weighted by atomic mass is 10.1. The van der Waals surface area contributed by atoms with Gasteiger partial charge in [-0.2, -0.15) is 0 Å². The largest absolute Gasteiger partial charge is 0.288 e. The van der Waals surface area contributed by atoms with E-state index < -0.39 is 5.82 Å². The molecular weight excluding hydrogens is 291 g/mol. The molecule has 0 spiro atoms. The summed E-state index contributed by atoms with van der Waals surface area (Å²) in [5, 5.41) is 1.81. The fourth-order valence-corrected chi connectivity index (χ4v) is 2.76. The normalized spacial score (nSPS) is 10.4. The Morgan fingerprint density at radius 1 is 1.38 bits per heavy atom. The van der Waals surface area contributed by atoms with E-state index >= 15 is 0 Å². The van der Waals surface area contributed by atoms with Gasteiger partial charge in [-0.05, 0) is 41.1 Å². The molecule has 82 valence electrons. The molecule has 1 aromatic heterocycles. The minimum atomic E-state index is -0.472. The van der Waals surface area contributed by atoms with E-state index in [1.165, 1.54) is 17.4 Å². The number of carbonyl (C=O) groups is 1. The predicted molar refractivity (Wildman–Crippen MR) is 66.6 cm³/mol. The molecule has 4 heteroatoms. The van der Waals surface area contributed by atoms with Crippen LogP contribution in [0.25, 0.3) is 0 Å². The molecule has 0 fully saturated rings. The molecule has 1 aromatic carbocycles. The van der Waals surface area contributed by atoms with Gasteiger partial charge in [0, 0.05) is 9.85 Å². The molecule has 0 N–H and O–H groups in total. The smallest absolute Gasteiger partial charge is 0.205 e. The van der Waals surface area contributed by atoms with Gasteiger partial charge in [0.2, 0.25) is 5.78 Å². The van der Waals surface area contributed by atoms with Crippen LogP contribution in [0.5, 0.6) is 0 Å². The zero-order chi connectivity index (χ0) is 11.7. The standard InChI is InChI=1S/C12H8BrFOS/c1-7-2-3-10(14)9(4-7)12(15)11-5-8(13)6-16-11/h2-6H,1H3. The third kappa shape index (κ3) is 2.23. The van der Waals surface area contributed by atoms with E-state index in [1.54, 1.807) is 23.6 Å². The number of benzene rings is 1. The summed E-state index contributed by atoms with van der Waals surface area (Å²) in [6.45, 7) is 1.83. The maximum absolute atomic E-state index is 13.5. The number of halogens is 2. The van der Waals surface area contributed by atoms with E-state index in [0.29, 0.717) is 4.88 Å². The van der Waals surface area contributed by atoms with Crippen LogP contribution in [-0.4, -0.2) is 5.78 Å². The van der Waals surface area contributed by atoms with Gasteiger partial charge < -0.3 is 0 Å². The number of hydrogen-bond donors (Lipinski definition) is 0. The molecule has 0 saturated carbocycles. The lowest BCUT2D eigenvalue weighted by Gasteiger charge is -2.01. The number of aryl methyl sites for hydroxylation is 1. The minimum Gasteiger partial charge on any atom is -0.288 e. The van der Waals surface area contributed by atoms with E-state index in [4.69, 9.17) is 0 Å². The van der Waals surface area contributed by atoms with Crippen molar-refractivity contribution >= 4 is 33.0 Å². The van der Waals surface area contributed by atoms with Crippen molar-refractivity contribution in [1.29, 1.82) is 0 Å². The molecule has 16 heavy (non-hydrogen) atoms. The van der Waals surface area contributed by atoms with Crippen LogP contribution in [0.1, 0.15) is 20.8 Å². The first-order chi connectivity index (χ1) is 7.58. The second-order valence-corrected chi connectivity index (χ2v) is 5.27. The fraction of sp³-hybridized carbons (Fsp3) is 0.0833. The Morgan fingerprint density at radius 2 is 2.12 bits per heavy atom. The molecule has 0 atom stereocenters. The van der Waals surface area contributed by atoms with Crippen LogP contribution in [0.2, 0.25) is 0 Å². The van der Waals surface area contributed by atoms with E-state index in [-0.39, 0.29) is 11.3 Å². The molecule has 0 aliphatic carbocycles. The molecule has 0 aliphatic heterocycles. The van der Waals surface area contributed by atoms with Crippen molar-refractivity contribution in [3.05, 3.63) is 55.9 Å². The molecule has 0 radical (unpaired) electrons. The van der Waals surface area contributed by atoms with Gasteiger partial charge in [-0.3, -0.25) is 4.79 Å². The second-order valence-electron chi connectivity index (χ2n) is 3.44. The molecule has 2 aromatic rings. The third-order valence-corrected chi connectivity index (χ3v) is 3.85. The molecule has 2 rings (SSSR count). The van der Waals surface area contributed by atoms with Crippen LogP contribution in [0.15, 0.2) is 34.1 Å². The van der Waals surface area contributed by atoms with Gasteiger partial charge in [-0.15, -0.1) is 11.3 Å². The van der Waals surface area contributed by atoms with E-state index in [9.17, 15) is 9.18 Å². The third-order valence-electron chi connectivity index (χ3n) is 2.16. The summed E-state index contributed by atoms with van der Waals surface area (Å²) in [5.41, 5.74) is 1.01. The first-order valence-corrected chi connectivity index (χ1v) is 6.30. The van der Waals surface area contributed by atoms with Crippen LogP contribution in [0, 0.1) is 12.7 Å². The molecule has 1 heterocycles. The highest BCUT2D eigenvalue weighted by Crippen LogP contribution is 2.23. The Hall–Kier alpha value is -1.000. The summed E-state index contributed by atoms with van der Waals surface area (Å²) >= 11 is 4.57. The van der Waals surface area contributed by atoms with Crippen molar-refractivity contribution in [1.82, 2.24) is 0 Å². The van der Waals surface area contributed by atoms with Crippen molar-refractivity contribution < 1.29 is 9.18 Å². The maximum Gasteiger partial charge on any atom is 0.205 e. The Balaban J connectivity index is 2.45. The van der Waals surface area contributed by atoms with Crippen LogP contribution in [0.3, 0.4) is 0 Å². The van der Waals surface area contributed by atoms with E-state index in [2.05, 4.69) is 15.9 Å². The van der Waals surface area contributed by atoms with Gasteiger partial charge in [0.1, 0.15) is 5.82 Å². The predicted octanol–water partition coefficient (Wildman–Crippen LogP) is 4.19. The van der Waals surface area contributed by atoms with Crippen molar-refractivity contribution in [2.75, 3.05) is 0 Å². The van der Waals surface area contributed by atoms with Gasteiger partial charge in [0.25, 0.3) is 0 Å². The van der Waals surface area contributed by atoms with Crippen LogP contribution in [-0.2, 0) is 0 Å². The summed E-state index contributed by atoms with van der Waals surface area (Å²) in [6.07, 6.45) is 0. The SMILES string of the molecule is Cc1ccc(F)c(C(=O)c2cc(Br)cs2)c1. The molecule has 0 unspecified atom stereocenters. The summed E-state index contributed by atoms with van der Waals surface area (Å²) in [6, 6.07) is 6.25. The molecule has 0 saturated heterocycles. The van der Waals surface area contributed by atoms with Gasteiger partial charge in [-0.25, -0.2) is 4.39 Å². The highest BCUT2D eigenvalue weighted by atomic mass is 79.9. The number of carbonyl (C=O) groups excluding carboxylic acids is 1. The van der Waals surface area contributed by atoms with Crippen molar-refractivity contribution in [2.24, 2.45) is 0 Å². The summed E-state index contributed by atoms with van der Waals surface area (Å²) in [7, 11) is 0. The second kappa shape index (κ2) is 4.47. The highest BCUT2D eigenvalue weighted by Gasteiger charge is 2.15. The summed E-state index contributed by atoms with van der Waals surface area (Å²) in [5.74, 6) is -0.739. The lowest BCUT2D eigenvalue weighted by molar-refractivity contribution is 0.103. The average molecular weight is 299 g/mol. The first kappa shape index (κ1) is 11.5. The van der Waals surface area contributed by atoms with E-state index in [1.807, 2.05) is 6.92 Å². The van der Waals surface area contributed by atoms with Crippen molar-refractivity contribution in [3.63, 3.8) is 0 Å². The van der Waals surface area contributed by atoms with E-state index in [0.717, 1.165) is 10.0 Å². The Morgan fingerprint density at radius 3 is 2.75 bits per heavy atom. The molecular formula is C12H8BrFOS. The summed E-state index contributed by atoms with van der Waals surface area (Å²) < 4.78 is 14.3. The van der Waals surface area contributed by atoms with Gasteiger partial charge in [-0.1, -0.05) is 11.6 Å². The topological polar surface area (TPSA) is 17.1 Å². The fourth-order valence-electron chi connectivity index (χ4n) is 1.38. The first-order valence-electron chi connectivity index (χ1n) is 4.63. The zero-order valence-corrected chi connectivity index (χ0v) is 10.9. The Kier molecular flexibility index (Phi) is 3.21. The molecule has 0 amide bonds. The summed E-state index contributed by atoms with van der Waals surface area (Å²) in [4.78, 5) is 12.5. The zero-order valence-electron chi connectivity index (χ0n) is 8.46. The monoisotopic (exact) mass is 298 g/mol. The number of ketones is 1. The number of thiophene rings is 1. The van der Waals surface area contributed by atoms with Gasteiger partial charge in [0.05, 0.1) is 10.4 Å². The maximum atomic E-state index is 13.5. The minimum absolute atomic E-state index is 0.134. The average Bonchev–Trinajstić information content (AvgIpc) is 2.67. The van der Waals surface area contributed by atoms with Gasteiger partial charge >= 0.3 is 0 Å². The number of rotatable bonds is 2. The molecule has 0 aliphatic rings. The molecule has 1 nitrogen and oxygen atoms in total. The lowest BCUT2D eigenvalue weighted by Crippen LogP contribution is -2.02. The van der Waals surface area contributed by atoms with Gasteiger partial charge in [0.15, 0.2) is 0 Å². The Bertz CT molecular complexity index is 548.